The fourth-order valence-corrected chi connectivity index (χ4v) is 4.47. The molecule has 6 nitrogen and oxygen atoms in total. The maximum Gasteiger partial charge on any atom is 0.272 e. The number of carbonyl (C=O) groups is 1. The van der Waals surface area contributed by atoms with E-state index in [1.807, 2.05) is 6.07 Å². The molecule has 1 aliphatic heterocycles. The van der Waals surface area contributed by atoms with Gasteiger partial charge >= 0.3 is 0 Å². The van der Waals surface area contributed by atoms with E-state index in [1.165, 1.54) is 12.0 Å². The number of aryl methyl sites for hydroxylation is 1. The van der Waals surface area contributed by atoms with Crippen LogP contribution in [0, 0.1) is 0 Å². The topological polar surface area (TPSA) is 64.3 Å². The summed E-state index contributed by atoms with van der Waals surface area (Å²) < 4.78 is 0. The molecule has 150 valence electrons. The van der Waals surface area contributed by atoms with Gasteiger partial charge in [-0.1, -0.05) is 37.3 Å². The Bertz CT molecular complexity index is 779. The Hall–Kier alpha value is -2.18. The van der Waals surface area contributed by atoms with Crippen molar-refractivity contribution in [2.24, 2.45) is 0 Å². The first-order valence-corrected chi connectivity index (χ1v) is 10.6. The summed E-state index contributed by atoms with van der Waals surface area (Å²) >= 11 is 0. The average Bonchev–Trinajstić information content (AvgIpc) is 3.19. The molecule has 0 bridgehead atoms. The van der Waals surface area contributed by atoms with Crippen LogP contribution in [-0.4, -0.2) is 65.2 Å². The molecule has 0 spiro atoms. The number of H-pyrrole nitrogens is 1. The van der Waals surface area contributed by atoms with Crippen LogP contribution in [0.5, 0.6) is 0 Å². The zero-order valence-electron chi connectivity index (χ0n) is 16.8. The number of hydrogen-bond donors (Lipinski definition) is 2. The lowest BCUT2D eigenvalue weighted by Gasteiger charge is -2.39. The van der Waals surface area contributed by atoms with E-state index in [1.54, 1.807) is 0 Å². The summed E-state index contributed by atoms with van der Waals surface area (Å²) in [6, 6.07) is 10.7. The Morgan fingerprint density at radius 1 is 1.14 bits per heavy atom. The Morgan fingerprint density at radius 2 is 1.89 bits per heavy atom. The number of fused-ring (bicyclic) bond motifs is 1. The lowest BCUT2D eigenvalue weighted by Crippen LogP contribution is -2.49. The Balaban J connectivity index is 1.45. The van der Waals surface area contributed by atoms with Crippen molar-refractivity contribution in [2.45, 2.75) is 38.6 Å². The number of piperazine rings is 1. The van der Waals surface area contributed by atoms with Crippen LogP contribution in [0.3, 0.4) is 0 Å². The minimum Gasteiger partial charge on any atom is -0.349 e. The van der Waals surface area contributed by atoms with Gasteiger partial charge < -0.3 is 10.2 Å². The smallest absolute Gasteiger partial charge is 0.272 e. The number of benzene rings is 1. The minimum atomic E-state index is -0.0486. The van der Waals surface area contributed by atoms with Crippen LogP contribution in [0.4, 0.5) is 0 Å². The summed E-state index contributed by atoms with van der Waals surface area (Å²) in [5.74, 6) is -0.0486. The van der Waals surface area contributed by atoms with Crippen molar-refractivity contribution in [3.63, 3.8) is 0 Å². The predicted octanol–water partition coefficient (Wildman–Crippen LogP) is 2.40. The normalized spacial score (nSPS) is 19.2. The average molecular weight is 382 g/mol. The first-order chi connectivity index (χ1) is 13.8. The number of carbonyl (C=O) groups excluding carboxylic acids is 1. The number of nitrogens with zero attached hydrogens (tertiary/aromatic N) is 3. The highest BCUT2D eigenvalue weighted by atomic mass is 16.1. The molecule has 6 heteroatoms. The van der Waals surface area contributed by atoms with Gasteiger partial charge in [-0.15, -0.1) is 0 Å². The summed E-state index contributed by atoms with van der Waals surface area (Å²) in [5, 5.41) is 10.6. The fraction of sp³-hybridized carbons (Fsp3) is 0.545. The second kappa shape index (κ2) is 8.88. The van der Waals surface area contributed by atoms with Crippen LogP contribution in [0.25, 0.3) is 0 Å². The number of likely N-dealkylation sites (N-methyl/N-ethyl adjacent to an activating group) is 1. The first kappa shape index (κ1) is 19.2. The molecular formula is C22H31N5O. The molecule has 1 atom stereocenters. The van der Waals surface area contributed by atoms with Crippen molar-refractivity contribution in [3.8, 4) is 0 Å². The summed E-state index contributed by atoms with van der Waals surface area (Å²) in [4.78, 5) is 17.9. The molecular weight excluding hydrogens is 350 g/mol. The van der Waals surface area contributed by atoms with E-state index < -0.39 is 0 Å². The summed E-state index contributed by atoms with van der Waals surface area (Å²) in [7, 11) is 0. The van der Waals surface area contributed by atoms with Crippen molar-refractivity contribution in [1.29, 1.82) is 0 Å². The van der Waals surface area contributed by atoms with E-state index in [9.17, 15) is 4.79 Å². The highest BCUT2D eigenvalue weighted by Gasteiger charge is 2.27. The highest BCUT2D eigenvalue weighted by molar-refractivity contribution is 5.94. The van der Waals surface area contributed by atoms with Gasteiger partial charge in [0.1, 0.15) is 0 Å². The second-order valence-corrected chi connectivity index (χ2v) is 7.84. The number of hydrogen-bond acceptors (Lipinski definition) is 4. The van der Waals surface area contributed by atoms with Gasteiger partial charge in [-0.25, -0.2) is 0 Å². The molecule has 4 rings (SSSR count). The van der Waals surface area contributed by atoms with E-state index in [2.05, 4.69) is 56.5 Å². The molecule has 2 aromatic rings. The summed E-state index contributed by atoms with van der Waals surface area (Å²) in [6.45, 7) is 8.15. The van der Waals surface area contributed by atoms with Crippen LogP contribution in [-0.2, 0) is 12.8 Å². The zero-order valence-corrected chi connectivity index (χ0v) is 16.8. The third-order valence-corrected chi connectivity index (χ3v) is 6.21. The standard InChI is InChI=1S/C22H31N5O/c1-2-26-12-14-27(15-13-26)20(17-8-4-3-5-9-17)16-23-22(28)21-18-10-6-7-11-19(18)24-25-21/h3-5,8-9,20H,2,6-7,10-16H2,1H3,(H,23,28)(H,24,25). The monoisotopic (exact) mass is 381 g/mol. The molecule has 2 N–H and O–H groups in total. The van der Waals surface area contributed by atoms with Gasteiger partial charge in [-0.3, -0.25) is 14.8 Å². The van der Waals surface area contributed by atoms with E-state index in [-0.39, 0.29) is 11.9 Å². The van der Waals surface area contributed by atoms with Gasteiger partial charge in [0.2, 0.25) is 0 Å². The van der Waals surface area contributed by atoms with E-state index in [0.717, 1.165) is 63.2 Å². The number of aromatic nitrogens is 2. The van der Waals surface area contributed by atoms with Crippen LogP contribution in [0.1, 0.15) is 53.1 Å². The van der Waals surface area contributed by atoms with Crippen LogP contribution >= 0.6 is 0 Å². The molecule has 28 heavy (non-hydrogen) atoms. The van der Waals surface area contributed by atoms with Crippen LogP contribution in [0.2, 0.25) is 0 Å². The fourth-order valence-electron chi connectivity index (χ4n) is 4.47. The maximum absolute atomic E-state index is 12.9. The van der Waals surface area contributed by atoms with Gasteiger partial charge in [0.05, 0.1) is 6.04 Å². The van der Waals surface area contributed by atoms with Crippen LogP contribution < -0.4 is 5.32 Å². The quantitative estimate of drug-likeness (QED) is 0.807. The van der Waals surface area contributed by atoms with Crippen molar-refractivity contribution >= 4 is 5.91 Å². The molecule has 1 aromatic heterocycles. The molecule has 1 fully saturated rings. The van der Waals surface area contributed by atoms with E-state index >= 15 is 0 Å². The molecule has 2 heterocycles. The zero-order chi connectivity index (χ0) is 19.3. The van der Waals surface area contributed by atoms with Crippen molar-refractivity contribution in [3.05, 3.63) is 52.8 Å². The van der Waals surface area contributed by atoms with Crippen molar-refractivity contribution in [2.75, 3.05) is 39.3 Å². The van der Waals surface area contributed by atoms with E-state index in [0.29, 0.717) is 12.2 Å². The molecule has 1 aromatic carbocycles. The largest absolute Gasteiger partial charge is 0.349 e. The molecule has 1 aliphatic carbocycles. The minimum absolute atomic E-state index is 0.0486. The van der Waals surface area contributed by atoms with Gasteiger partial charge in [0, 0.05) is 44.0 Å². The van der Waals surface area contributed by atoms with Gasteiger partial charge in [0.25, 0.3) is 5.91 Å². The Labute approximate surface area is 167 Å². The molecule has 1 unspecified atom stereocenters. The van der Waals surface area contributed by atoms with Crippen LogP contribution in [0.15, 0.2) is 30.3 Å². The third kappa shape index (κ3) is 4.13. The molecule has 1 saturated heterocycles. The number of amides is 1. The number of aromatic amines is 1. The Morgan fingerprint density at radius 3 is 2.64 bits per heavy atom. The molecule has 0 radical (unpaired) electrons. The van der Waals surface area contributed by atoms with Crippen molar-refractivity contribution in [1.82, 2.24) is 25.3 Å². The second-order valence-electron chi connectivity index (χ2n) is 7.84. The van der Waals surface area contributed by atoms with E-state index in [4.69, 9.17) is 0 Å². The predicted molar refractivity (Wildman–Crippen MR) is 110 cm³/mol. The lowest BCUT2D eigenvalue weighted by atomic mass is 9.95. The van der Waals surface area contributed by atoms with Gasteiger partial charge in [-0.05, 0) is 37.8 Å². The third-order valence-electron chi connectivity index (χ3n) is 6.21. The molecule has 2 aliphatic rings. The number of rotatable bonds is 6. The van der Waals surface area contributed by atoms with Gasteiger partial charge in [-0.2, -0.15) is 5.10 Å². The number of nitrogens with one attached hydrogen (secondary N) is 2. The van der Waals surface area contributed by atoms with Crippen molar-refractivity contribution < 1.29 is 4.79 Å². The SMILES string of the molecule is CCN1CCN(C(CNC(=O)c2n[nH]c3c2CCCC3)c2ccccc2)CC1. The summed E-state index contributed by atoms with van der Waals surface area (Å²) in [6.07, 6.45) is 4.27. The maximum atomic E-state index is 12.9. The first-order valence-electron chi connectivity index (χ1n) is 10.6. The molecule has 1 amide bonds. The summed E-state index contributed by atoms with van der Waals surface area (Å²) in [5.41, 5.74) is 4.12. The highest BCUT2D eigenvalue weighted by Crippen LogP contribution is 2.24. The lowest BCUT2D eigenvalue weighted by molar-refractivity contribution is 0.0851. The molecule has 0 saturated carbocycles. The Kier molecular flexibility index (Phi) is 6.07. The van der Waals surface area contributed by atoms with Gasteiger partial charge in [0.15, 0.2) is 5.69 Å².